The molecular weight excluding hydrogens is 186 g/mol. The Morgan fingerprint density at radius 2 is 2.00 bits per heavy atom. The second-order valence-electron chi connectivity index (χ2n) is 4.08. The Labute approximate surface area is 88.3 Å². The van der Waals surface area contributed by atoms with E-state index in [-0.39, 0.29) is 0 Å². The summed E-state index contributed by atoms with van der Waals surface area (Å²) < 4.78 is 0. The summed E-state index contributed by atoms with van der Waals surface area (Å²) in [4.78, 5) is 0. The lowest BCUT2D eigenvalue weighted by Crippen LogP contribution is -2.00. The first-order valence-electron chi connectivity index (χ1n) is 5.21. The second kappa shape index (κ2) is 3.21. The first-order valence-corrected chi connectivity index (χ1v) is 5.21. The van der Waals surface area contributed by atoms with Crippen LogP contribution in [0.1, 0.15) is 18.0 Å². The molecule has 0 radical (unpaired) electrons. The minimum absolute atomic E-state index is 0.328. The molecule has 1 saturated carbocycles. The van der Waals surface area contributed by atoms with E-state index in [2.05, 4.69) is 28.4 Å². The minimum Gasteiger partial charge on any atom is -0.327 e. The predicted molar refractivity (Wildman–Crippen MR) is 59.4 cm³/mol. The molecule has 1 aliphatic carbocycles. The molecule has 0 aliphatic heterocycles. The van der Waals surface area contributed by atoms with Gasteiger partial charge in [0.25, 0.3) is 0 Å². The van der Waals surface area contributed by atoms with Crippen molar-refractivity contribution in [1.82, 2.24) is 10.2 Å². The third-order valence-corrected chi connectivity index (χ3v) is 2.91. The molecule has 15 heavy (non-hydrogen) atoms. The number of nitrogens with one attached hydrogen (secondary N) is 1. The number of hydrogen-bond acceptors (Lipinski definition) is 2. The van der Waals surface area contributed by atoms with Crippen LogP contribution in [0.3, 0.4) is 0 Å². The van der Waals surface area contributed by atoms with Gasteiger partial charge in [-0.15, -0.1) is 0 Å². The second-order valence-corrected chi connectivity index (χ2v) is 4.08. The van der Waals surface area contributed by atoms with E-state index < -0.39 is 0 Å². The Hall–Kier alpha value is -1.61. The number of rotatable bonds is 2. The summed E-state index contributed by atoms with van der Waals surface area (Å²) in [6.45, 7) is 0. The Morgan fingerprint density at radius 1 is 1.27 bits per heavy atom. The van der Waals surface area contributed by atoms with Gasteiger partial charge < -0.3 is 5.73 Å². The van der Waals surface area contributed by atoms with E-state index >= 15 is 0 Å². The zero-order valence-electron chi connectivity index (χ0n) is 8.35. The van der Waals surface area contributed by atoms with Gasteiger partial charge >= 0.3 is 0 Å². The van der Waals surface area contributed by atoms with Crippen LogP contribution in [0.25, 0.3) is 11.3 Å². The van der Waals surface area contributed by atoms with Gasteiger partial charge in [-0.2, -0.15) is 5.10 Å². The van der Waals surface area contributed by atoms with E-state index in [0.717, 1.165) is 17.7 Å². The third kappa shape index (κ3) is 1.55. The predicted octanol–water partition coefficient (Wildman–Crippen LogP) is 1.89. The van der Waals surface area contributed by atoms with Gasteiger partial charge in [0.2, 0.25) is 0 Å². The molecule has 3 rings (SSSR count). The fourth-order valence-corrected chi connectivity index (χ4v) is 1.86. The van der Waals surface area contributed by atoms with Crippen LogP contribution in [0.15, 0.2) is 36.4 Å². The van der Waals surface area contributed by atoms with Crippen LogP contribution in [-0.4, -0.2) is 16.2 Å². The van der Waals surface area contributed by atoms with Crippen LogP contribution in [-0.2, 0) is 0 Å². The van der Waals surface area contributed by atoms with Crippen molar-refractivity contribution in [2.24, 2.45) is 5.73 Å². The van der Waals surface area contributed by atoms with E-state index in [0.29, 0.717) is 12.0 Å². The van der Waals surface area contributed by atoms with Crippen molar-refractivity contribution < 1.29 is 0 Å². The molecule has 0 spiro atoms. The lowest BCUT2D eigenvalue weighted by Gasteiger charge is -1.92. The number of benzene rings is 1. The summed E-state index contributed by atoms with van der Waals surface area (Å²) in [5.74, 6) is 0.495. The van der Waals surface area contributed by atoms with Gasteiger partial charge in [0.15, 0.2) is 0 Å². The largest absolute Gasteiger partial charge is 0.327 e. The Bertz CT molecular complexity index is 461. The normalized spacial score (nSPS) is 24.1. The quantitative estimate of drug-likeness (QED) is 0.776. The van der Waals surface area contributed by atoms with Crippen molar-refractivity contribution in [2.45, 2.75) is 18.4 Å². The Balaban J connectivity index is 1.91. The first kappa shape index (κ1) is 8.68. The number of aromatic nitrogens is 2. The third-order valence-electron chi connectivity index (χ3n) is 2.91. The highest BCUT2D eigenvalue weighted by Gasteiger charge is 2.36. The van der Waals surface area contributed by atoms with E-state index in [1.54, 1.807) is 0 Å². The number of aromatic amines is 1. The van der Waals surface area contributed by atoms with Crippen LogP contribution in [0.5, 0.6) is 0 Å². The van der Waals surface area contributed by atoms with Gasteiger partial charge in [-0.25, -0.2) is 0 Å². The molecule has 3 nitrogen and oxygen atoms in total. The maximum absolute atomic E-state index is 5.80. The summed E-state index contributed by atoms with van der Waals surface area (Å²) in [5.41, 5.74) is 9.12. The smallest absolute Gasteiger partial charge is 0.0923 e. The zero-order chi connectivity index (χ0) is 10.3. The Morgan fingerprint density at radius 3 is 2.67 bits per heavy atom. The monoisotopic (exact) mass is 199 g/mol. The summed E-state index contributed by atoms with van der Waals surface area (Å²) >= 11 is 0. The molecule has 2 atom stereocenters. The molecule has 1 aliphatic rings. The van der Waals surface area contributed by atoms with Crippen molar-refractivity contribution in [3.05, 3.63) is 42.1 Å². The molecule has 0 unspecified atom stereocenters. The highest BCUT2D eigenvalue weighted by Crippen LogP contribution is 2.38. The Kier molecular flexibility index (Phi) is 1.86. The van der Waals surface area contributed by atoms with Gasteiger partial charge in [0, 0.05) is 23.2 Å². The molecule has 76 valence electrons. The molecule has 1 heterocycles. The molecule has 1 fully saturated rings. The highest BCUT2D eigenvalue weighted by molar-refractivity contribution is 5.59. The van der Waals surface area contributed by atoms with Crippen molar-refractivity contribution in [3.63, 3.8) is 0 Å². The van der Waals surface area contributed by atoms with Crippen molar-refractivity contribution >= 4 is 0 Å². The number of nitrogens with two attached hydrogens (primary N) is 1. The average Bonchev–Trinajstić information content (AvgIpc) is 2.83. The van der Waals surface area contributed by atoms with Crippen molar-refractivity contribution in [1.29, 1.82) is 0 Å². The molecule has 0 amide bonds. The highest BCUT2D eigenvalue weighted by atomic mass is 15.1. The molecule has 1 aromatic heterocycles. The summed E-state index contributed by atoms with van der Waals surface area (Å²) in [5, 5.41) is 7.37. The molecule has 0 bridgehead atoms. The fraction of sp³-hybridized carbons (Fsp3) is 0.250. The molecule has 0 saturated heterocycles. The molecule has 1 aromatic carbocycles. The van der Waals surface area contributed by atoms with E-state index in [1.165, 1.54) is 5.69 Å². The topological polar surface area (TPSA) is 54.7 Å². The number of H-pyrrole nitrogens is 1. The van der Waals surface area contributed by atoms with Gasteiger partial charge in [-0.3, -0.25) is 5.10 Å². The molecule has 3 N–H and O–H groups in total. The zero-order valence-corrected chi connectivity index (χ0v) is 8.35. The van der Waals surface area contributed by atoms with Gasteiger partial charge in [0.1, 0.15) is 0 Å². The van der Waals surface area contributed by atoms with Gasteiger partial charge in [-0.05, 0) is 12.5 Å². The maximum atomic E-state index is 5.80. The van der Waals surface area contributed by atoms with Gasteiger partial charge in [0.05, 0.1) is 5.69 Å². The van der Waals surface area contributed by atoms with E-state index in [9.17, 15) is 0 Å². The van der Waals surface area contributed by atoms with Crippen LogP contribution >= 0.6 is 0 Å². The summed E-state index contributed by atoms with van der Waals surface area (Å²) in [6.07, 6.45) is 1.08. The lowest BCUT2D eigenvalue weighted by atomic mass is 10.1. The standard InChI is InChI=1S/C12H13N3/c13-10-6-9(10)12-7-11(14-15-12)8-4-2-1-3-5-8/h1-5,7,9-10H,6,13H2,(H,14,15)/t9-,10-/m1/s1. The molecule has 2 aromatic rings. The van der Waals surface area contributed by atoms with Crippen LogP contribution in [0.2, 0.25) is 0 Å². The summed E-state index contributed by atoms with van der Waals surface area (Å²) in [6, 6.07) is 12.6. The van der Waals surface area contributed by atoms with Crippen LogP contribution in [0, 0.1) is 0 Å². The minimum atomic E-state index is 0.328. The van der Waals surface area contributed by atoms with Crippen molar-refractivity contribution in [3.8, 4) is 11.3 Å². The summed E-state index contributed by atoms with van der Waals surface area (Å²) in [7, 11) is 0. The number of nitrogens with zero attached hydrogens (tertiary/aromatic N) is 1. The molecular formula is C12H13N3. The van der Waals surface area contributed by atoms with Crippen LogP contribution in [0.4, 0.5) is 0 Å². The lowest BCUT2D eigenvalue weighted by molar-refractivity contribution is 0.920. The van der Waals surface area contributed by atoms with Gasteiger partial charge in [-0.1, -0.05) is 30.3 Å². The first-order chi connectivity index (χ1) is 7.34. The van der Waals surface area contributed by atoms with E-state index in [1.807, 2.05) is 18.2 Å². The average molecular weight is 199 g/mol. The van der Waals surface area contributed by atoms with E-state index in [4.69, 9.17) is 5.73 Å². The number of hydrogen-bond donors (Lipinski definition) is 2. The molecule has 3 heteroatoms. The van der Waals surface area contributed by atoms with Crippen LogP contribution < -0.4 is 5.73 Å². The fourth-order valence-electron chi connectivity index (χ4n) is 1.86. The SMILES string of the molecule is N[C@@H]1C[C@H]1c1cc(-c2ccccc2)n[nH]1. The maximum Gasteiger partial charge on any atom is 0.0923 e. The van der Waals surface area contributed by atoms with Crippen molar-refractivity contribution in [2.75, 3.05) is 0 Å².